The second-order valence-corrected chi connectivity index (χ2v) is 5.02. The second-order valence-electron chi connectivity index (χ2n) is 3.65. The predicted octanol–water partition coefficient (Wildman–Crippen LogP) is 3.15. The van der Waals surface area contributed by atoms with Crippen molar-refractivity contribution in [1.29, 1.82) is 0 Å². The molecular formula is C12H19NS. The number of thiophene rings is 1. The summed E-state index contributed by atoms with van der Waals surface area (Å²) < 4.78 is 0. The Kier molecular flexibility index (Phi) is 4.91. The molecule has 0 aliphatic rings. The van der Waals surface area contributed by atoms with Crippen LogP contribution < -0.4 is 5.32 Å². The van der Waals surface area contributed by atoms with E-state index < -0.39 is 0 Å². The van der Waals surface area contributed by atoms with Crippen molar-refractivity contribution in [1.82, 2.24) is 5.32 Å². The summed E-state index contributed by atoms with van der Waals surface area (Å²) in [6, 6.07) is 4.98. The molecule has 0 spiro atoms. The Morgan fingerprint density at radius 1 is 1.57 bits per heavy atom. The minimum atomic E-state index is 0.563. The maximum Gasteiger partial charge on any atom is 0.00871 e. The van der Waals surface area contributed by atoms with Gasteiger partial charge in [0.25, 0.3) is 0 Å². The first-order chi connectivity index (χ1) is 6.72. The van der Waals surface area contributed by atoms with Gasteiger partial charge in [0.05, 0.1) is 0 Å². The molecule has 1 nitrogen and oxygen atoms in total. The van der Waals surface area contributed by atoms with E-state index in [1.165, 1.54) is 9.75 Å². The minimum Gasteiger partial charge on any atom is -0.314 e. The lowest BCUT2D eigenvalue weighted by molar-refractivity contribution is 0.555. The van der Waals surface area contributed by atoms with Crippen LogP contribution in [-0.2, 0) is 6.42 Å². The Bertz CT molecular complexity index is 278. The number of aryl methyl sites for hydroxylation is 1. The highest BCUT2D eigenvalue weighted by atomic mass is 32.1. The maximum atomic E-state index is 3.71. The largest absolute Gasteiger partial charge is 0.314 e. The Hall–Kier alpha value is -0.600. The van der Waals surface area contributed by atoms with Crippen molar-refractivity contribution in [2.75, 3.05) is 6.54 Å². The summed E-state index contributed by atoms with van der Waals surface area (Å²) in [5.74, 6) is 0. The molecule has 1 atom stereocenters. The van der Waals surface area contributed by atoms with Gasteiger partial charge in [-0.25, -0.2) is 0 Å². The molecule has 78 valence electrons. The Balaban J connectivity index is 2.26. The summed E-state index contributed by atoms with van der Waals surface area (Å²) in [5, 5.41) is 3.48. The molecule has 0 aliphatic carbocycles. The van der Waals surface area contributed by atoms with Crippen molar-refractivity contribution in [2.45, 2.75) is 32.7 Å². The van der Waals surface area contributed by atoms with E-state index in [0.717, 1.165) is 19.4 Å². The summed E-state index contributed by atoms with van der Waals surface area (Å²) in [6.07, 6.45) is 4.14. The normalized spacial score (nSPS) is 12.7. The van der Waals surface area contributed by atoms with Crippen molar-refractivity contribution < 1.29 is 0 Å². The molecule has 1 N–H and O–H groups in total. The van der Waals surface area contributed by atoms with Crippen molar-refractivity contribution in [3.63, 3.8) is 0 Å². The highest BCUT2D eigenvalue weighted by molar-refractivity contribution is 7.11. The van der Waals surface area contributed by atoms with Crippen LogP contribution in [-0.4, -0.2) is 12.6 Å². The number of rotatable bonds is 6. The van der Waals surface area contributed by atoms with Crippen LogP contribution in [0.3, 0.4) is 0 Å². The standard InChI is InChI=1S/C12H19NS/c1-4-5-8-13-10(2)9-12-7-6-11(3)14-12/h4,6-7,10,13H,1,5,8-9H2,2-3H3. The predicted molar refractivity (Wildman–Crippen MR) is 65.0 cm³/mol. The molecule has 0 amide bonds. The van der Waals surface area contributed by atoms with E-state index in [1.807, 2.05) is 17.4 Å². The molecule has 0 radical (unpaired) electrons. The molecule has 1 aromatic rings. The third-order valence-corrected chi connectivity index (χ3v) is 3.17. The van der Waals surface area contributed by atoms with Crippen LogP contribution in [0.15, 0.2) is 24.8 Å². The van der Waals surface area contributed by atoms with Crippen LogP contribution in [0, 0.1) is 6.92 Å². The summed E-state index contributed by atoms with van der Waals surface area (Å²) in [4.78, 5) is 2.87. The first-order valence-corrected chi connectivity index (χ1v) is 5.93. The van der Waals surface area contributed by atoms with Crippen LogP contribution in [0.1, 0.15) is 23.1 Å². The smallest absolute Gasteiger partial charge is 0.00871 e. The van der Waals surface area contributed by atoms with Gasteiger partial charge in [-0.15, -0.1) is 17.9 Å². The van der Waals surface area contributed by atoms with Gasteiger partial charge in [-0.2, -0.15) is 0 Å². The van der Waals surface area contributed by atoms with Crippen molar-refractivity contribution >= 4 is 11.3 Å². The first-order valence-electron chi connectivity index (χ1n) is 5.12. The highest BCUT2D eigenvalue weighted by Gasteiger charge is 2.03. The third kappa shape index (κ3) is 4.07. The van der Waals surface area contributed by atoms with E-state index in [1.54, 1.807) is 0 Å². The summed E-state index contributed by atoms with van der Waals surface area (Å²) in [7, 11) is 0. The van der Waals surface area contributed by atoms with Gasteiger partial charge in [0.2, 0.25) is 0 Å². The minimum absolute atomic E-state index is 0.563. The van der Waals surface area contributed by atoms with E-state index in [-0.39, 0.29) is 0 Å². The lowest BCUT2D eigenvalue weighted by atomic mass is 10.2. The summed E-state index contributed by atoms with van der Waals surface area (Å²) in [6.45, 7) is 9.13. The van der Waals surface area contributed by atoms with Gasteiger partial charge in [-0.1, -0.05) is 6.08 Å². The van der Waals surface area contributed by atoms with E-state index in [4.69, 9.17) is 0 Å². The van der Waals surface area contributed by atoms with Crippen molar-refractivity contribution in [3.8, 4) is 0 Å². The van der Waals surface area contributed by atoms with E-state index in [2.05, 4.69) is 37.9 Å². The van der Waals surface area contributed by atoms with Gasteiger partial charge in [0.1, 0.15) is 0 Å². The lowest BCUT2D eigenvalue weighted by Crippen LogP contribution is -2.28. The quantitative estimate of drug-likeness (QED) is 0.560. The van der Waals surface area contributed by atoms with Gasteiger partial charge >= 0.3 is 0 Å². The average molecular weight is 209 g/mol. The van der Waals surface area contributed by atoms with E-state index in [9.17, 15) is 0 Å². The molecule has 0 aliphatic heterocycles. The number of hydrogen-bond acceptors (Lipinski definition) is 2. The highest BCUT2D eigenvalue weighted by Crippen LogP contribution is 2.16. The Morgan fingerprint density at radius 3 is 2.93 bits per heavy atom. The van der Waals surface area contributed by atoms with Gasteiger partial charge < -0.3 is 5.32 Å². The van der Waals surface area contributed by atoms with Gasteiger partial charge in [0.15, 0.2) is 0 Å². The third-order valence-electron chi connectivity index (χ3n) is 2.14. The molecule has 0 bridgehead atoms. The van der Waals surface area contributed by atoms with Crippen LogP contribution in [0.25, 0.3) is 0 Å². The van der Waals surface area contributed by atoms with Crippen molar-refractivity contribution in [3.05, 3.63) is 34.5 Å². The Labute approximate surface area is 90.9 Å². The van der Waals surface area contributed by atoms with Gasteiger partial charge in [-0.3, -0.25) is 0 Å². The molecule has 1 aromatic heterocycles. The number of hydrogen-bond donors (Lipinski definition) is 1. The van der Waals surface area contributed by atoms with E-state index in [0.29, 0.717) is 6.04 Å². The van der Waals surface area contributed by atoms with Gasteiger partial charge in [0, 0.05) is 15.8 Å². The summed E-state index contributed by atoms with van der Waals surface area (Å²) in [5.41, 5.74) is 0. The molecule has 0 fully saturated rings. The van der Waals surface area contributed by atoms with Crippen LogP contribution in [0.5, 0.6) is 0 Å². The molecule has 0 saturated heterocycles. The molecule has 14 heavy (non-hydrogen) atoms. The lowest BCUT2D eigenvalue weighted by Gasteiger charge is -2.11. The zero-order chi connectivity index (χ0) is 10.4. The molecule has 1 unspecified atom stereocenters. The fraction of sp³-hybridized carbons (Fsp3) is 0.500. The van der Waals surface area contributed by atoms with Crippen LogP contribution in [0.4, 0.5) is 0 Å². The molecule has 0 aromatic carbocycles. The molecule has 2 heteroatoms. The molecule has 0 saturated carbocycles. The van der Waals surface area contributed by atoms with Crippen LogP contribution >= 0.6 is 11.3 Å². The van der Waals surface area contributed by atoms with E-state index >= 15 is 0 Å². The molecular weight excluding hydrogens is 190 g/mol. The first kappa shape index (κ1) is 11.5. The summed E-state index contributed by atoms with van der Waals surface area (Å²) >= 11 is 1.90. The topological polar surface area (TPSA) is 12.0 Å². The Morgan fingerprint density at radius 2 is 2.36 bits per heavy atom. The second kappa shape index (κ2) is 5.99. The fourth-order valence-corrected chi connectivity index (χ4v) is 2.42. The maximum absolute atomic E-state index is 3.71. The van der Waals surface area contributed by atoms with Gasteiger partial charge in [-0.05, 0) is 45.4 Å². The molecule has 1 rings (SSSR count). The SMILES string of the molecule is C=CCCNC(C)Cc1ccc(C)s1. The van der Waals surface area contributed by atoms with Crippen molar-refractivity contribution in [2.24, 2.45) is 0 Å². The molecule has 1 heterocycles. The fourth-order valence-electron chi connectivity index (χ4n) is 1.40. The zero-order valence-electron chi connectivity index (χ0n) is 9.05. The van der Waals surface area contributed by atoms with Crippen LogP contribution in [0.2, 0.25) is 0 Å². The monoisotopic (exact) mass is 209 g/mol. The zero-order valence-corrected chi connectivity index (χ0v) is 9.86. The average Bonchev–Trinajstić information content (AvgIpc) is 2.52. The number of nitrogens with one attached hydrogen (secondary N) is 1.